The molecule has 0 spiro atoms. The molecule has 3 aromatic rings. The Bertz CT molecular complexity index is 953. The molecule has 5 heteroatoms. The third-order valence-corrected chi connectivity index (χ3v) is 4.34. The van der Waals surface area contributed by atoms with Crippen LogP contribution in [0.25, 0.3) is 10.9 Å². The van der Waals surface area contributed by atoms with Crippen molar-refractivity contribution in [2.75, 3.05) is 14.2 Å². The lowest BCUT2D eigenvalue weighted by atomic mass is 10.0. The molecule has 3 rings (SSSR count). The average Bonchev–Trinajstić information content (AvgIpc) is 2.66. The van der Waals surface area contributed by atoms with Crippen molar-refractivity contribution in [1.82, 2.24) is 10.3 Å². The molecule has 1 N–H and O–H groups in total. The summed E-state index contributed by atoms with van der Waals surface area (Å²) in [6.45, 7) is 3.83. The molecule has 0 saturated heterocycles. The van der Waals surface area contributed by atoms with E-state index in [0.29, 0.717) is 17.1 Å². The van der Waals surface area contributed by atoms with Crippen molar-refractivity contribution in [2.45, 2.75) is 19.9 Å². The fraction of sp³-hybridized carbons (Fsp3) is 0.238. The Balaban J connectivity index is 1.89. The number of nitrogens with zero attached hydrogens (tertiary/aromatic N) is 1. The smallest absolute Gasteiger partial charge is 0.252 e. The van der Waals surface area contributed by atoms with Crippen LogP contribution in [0.15, 0.2) is 48.5 Å². The van der Waals surface area contributed by atoms with Crippen LogP contribution in [0.4, 0.5) is 0 Å². The van der Waals surface area contributed by atoms with Gasteiger partial charge in [-0.05, 0) is 43.7 Å². The van der Waals surface area contributed by atoms with E-state index in [2.05, 4.69) is 10.3 Å². The summed E-state index contributed by atoms with van der Waals surface area (Å²) < 4.78 is 10.6. The summed E-state index contributed by atoms with van der Waals surface area (Å²) in [5, 5.41) is 3.90. The van der Waals surface area contributed by atoms with Gasteiger partial charge in [0.2, 0.25) is 0 Å². The minimum Gasteiger partial charge on any atom is -0.493 e. The first-order valence-corrected chi connectivity index (χ1v) is 8.42. The topological polar surface area (TPSA) is 60.5 Å². The fourth-order valence-electron chi connectivity index (χ4n) is 2.98. The van der Waals surface area contributed by atoms with Crippen LogP contribution in [0.3, 0.4) is 0 Å². The maximum absolute atomic E-state index is 12.9. The zero-order valence-electron chi connectivity index (χ0n) is 15.4. The van der Waals surface area contributed by atoms with Crippen molar-refractivity contribution in [2.24, 2.45) is 0 Å². The van der Waals surface area contributed by atoms with Crippen LogP contribution in [0, 0.1) is 6.92 Å². The number of aryl methyl sites for hydroxylation is 1. The quantitative estimate of drug-likeness (QED) is 0.754. The minimum atomic E-state index is -0.186. The first-order chi connectivity index (χ1) is 12.5. The molecule has 26 heavy (non-hydrogen) atoms. The summed E-state index contributed by atoms with van der Waals surface area (Å²) in [4.78, 5) is 17.4. The van der Waals surface area contributed by atoms with Crippen molar-refractivity contribution in [3.8, 4) is 11.5 Å². The number of ether oxygens (including phenoxy) is 2. The molecule has 1 unspecified atom stereocenters. The van der Waals surface area contributed by atoms with E-state index in [4.69, 9.17) is 9.47 Å². The number of para-hydroxylation sites is 1. The van der Waals surface area contributed by atoms with E-state index >= 15 is 0 Å². The summed E-state index contributed by atoms with van der Waals surface area (Å²) in [7, 11) is 3.19. The van der Waals surface area contributed by atoms with Gasteiger partial charge in [-0.2, -0.15) is 0 Å². The van der Waals surface area contributed by atoms with Gasteiger partial charge >= 0.3 is 0 Å². The van der Waals surface area contributed by atoms with Gasteiger partial charge in [0.15, 0.2) is 11.5 Å². The molecule has 1 atom stereocenters. The third kappa shape index (κ3) is 3.47. The molecule has 1 aromatic heterocycles. The predicted octanol–water partition coefficient (Wildman–Crippen LogP) is 4.05. The van der Waals surface area contributed by atoms with E-state index in [9.17, 15) is 4.79 Å². The van der Waals surface area contributed by atoms with E-state index in [0.717, 1.165) is 22.2 Å². The highest BCUT2D eigenvalue weighted by molar-refractivity contribution is 6.06. The lowest BCUT2D eigenvalue weighted by molar-refractivity contribution is 0.0941. The molecular weight excluding hydrogens is 328 g/mol. The number of methoxy groups -OCH3 is 2. The highest BCUT2D eigenvalue weighted by Crippen LogP contribution is 2.30. The standard InChI is InChI=1S/C21H22N2O3/c1-13-11-17(16-7-5-6-8-18(16)22-13)21(24)23-14(2)15-9-10-19(25-3)20(12-15)26-4/h5-12,14H,1-4H3,(H,23,24). The number of carbonyl (C=O) groups excluding carboxylic acids is 1. The molecule has 0 aliphatic heterocycles. The summed E-state index contributed by atoms with van der Waals surface area (Å²) in [6.07, 6.45) is 0. The predicted molar refractivity (Wildman–Crippen MR) is 102 cm³/mol. The number of nitrogens with one attached hydrogen (secondary N) is 1. The molecule has 5 nitrogen and oxygen atoms in total. The number of fused-ring (bicyclic) bond motifs is 1. The van der Waals surface area contributed by atoms with E-state index in [-0.39, 0.29) is 11.9 Å². The molecule has 1 heterocycles. The lowest BCUT2D eigenvalue weighted by Gasteiger charge is -2.17. The highest BCUT2D eigenvalue weighted by Gasteiger charge is 2.16. The second-order valence-corrected chi connectivity index (χ2v) is 6.14. The van der Waals surface area contributed by atoms with E-state index in [1.807, 2.05) is 62.4 Å². The Morgan fingerprint density at radius 2 is 1.77 bits per heavy atom. The maximum Gasteiger partial charge on any atom is 0.252 e. The van der Waals surface area contributed by atoms with Crippen LogP contribution in [0.1, 0.15) is 34.6 Å². The summed E-state index contributed by atoms with van der Waals surface area (Å²) >= 11 is 0. The zero-order chi connectivity index (χ0) is 18.7. The van der Waals surface area contributed by atoms with E-state index in [1.165, 1.54) is 0 Å². The van der Waals surface area contributed by atoms with Gasteiger partial charge in [-0.3, -0.25) is 9.78 Å². The van der Waals surface area contributed by atoms with E-state index in [1.54, 1.807) is 14.2 Å². The second kappa shape index (κ2) is 7.44. The molecule has 0 saturated carbocycles. The third-order valence-electron chi connectivity index (χ3n) is 4.34. The average molecular weight is 350 g/mol. The molecular formula is C21H22N2O3. The highest BCUT2D eigenvalue weighted by atomic mass is 16.5. The second-order valence-electron chi connectivity index (χ2n) is 6.14. The number of hydrogen-bond donors (Lipinski definition) is 1. The van der Waals surface area contributed by atoms with Crippen LogP contribution in [-0.4, -0.2) is 25.1 Å². The number of amides is 1. The minimum absolute atomic E-state index is 0.131. The van der Waals surface area contributed by atoms with Crippen LogP contribution < -0.4 is 14.8 Å². The SMILES string of the molecule is COc1ccc(C(C)NC(=O)c2cc(C)nc3ccccc23)cc1OC. The number of carbonyl (C=O) groups is 1. The molecule has 2 aromatic carbocycles. The number of rotatable bonds is 5. The molecule has 0 aliphatic carbocycles. The molecule has 0 aliphatic rings. The number of hydrogen-bond acceptors (Lipinski definition) is 4. The van der Waals surface area contributed by atoms with Gasteiger partial charge in [-0.1, -0.05) is 24.3 Å². The molecule has 0 fully saturated rings. The zero-order valence-corrected chi connectivity index (χ0v) is 15.4. The molecule has 1 amide bonds. The van der Waals surface area contributed by atoms with Crippen molar-refractivity contribution in [3.63, 3.8) is 0 Å². The Morgan fingerprint density at radius 1 is 1.04 bits per heavy atom. The van der Waals surface area contributed by atoms with Gasteiger partial charge in [-0.25, -0.2) is 0 Å². The van der Waals surface area contributed by atoms with Crippen LogP contribution >= 0.6 is 0 Å². The van der Waals surface area contributed by atoms with Gasteiger partial charge < -0.3 is 14.8 Å². The Labute approximate surface area is 153 Å². The Morgan fingerprint density at radius 3 is 2.50 bits per heavy atom. The van der Waals surface area contributed by atoms with Crippen molar-refractivity contribution in [3.05, 3.63) is 65.4 Å². The van der Waals surface area contributed by atoms with Crippen LogP contribution in [-0.2, 0) is 0 Å². The Kier molecular flexibility index (Phi) is 5.07. The van der Waals surface area contributed by atoms with Gasteiger partial charge in [-0.15, -0.1) is 0 Å². The fourth-order valence-corrected chi connectivity index (χ4v) is 2.98. The van der Waals surface area contributed by atoms with Crippen molar-refractivity contribution < 1.29 is 14.3 Å². The first kappa shape index (κ1) is 17.7. The largest absolute Gasteiger partial charge is 0.493 e. The summed E-state index contributed by atoms with van der Waals surface area (Å²) in [6, 6.07) is 14.9. The number of aromatic nitrogens is 1. The lowest BCUT2D eigenvalue weighted by Crippen LogP contribution is -2.27. The number of benzene rings is 2. The first-order valence-electron chi connectivity index (χ1n) is 8.42. The monoisotopic (exact) mass is 350 g/mol. The normalized spacial score (nSPS) is 11.8. The number of pyridine rings is 1. The van der Waals surface area contributed by atoms with Crippen LogP contribution in [0.5, 0.6) is 11.5 Å². The van der Waals surface area contributed by atoms with Crippen molar-refractivity contribution in [1.29, 1.82) is 0 Å². The summed E-state index contributed by atoms with van der Waals surface area (Å²) in [5.74, 6) is 1.16. The maximum atomic E-state index is 12.9. The summed E-state index contributed by atoms with van der Waals surface area (Å²) in [5.41, 5.74) is 3.19. The van der Waals surface area contributed by atoms with Gasteiger partial charge in [0.25, 0.3) is 5.91 Å². The molecule has 0 bridgehead atoms. The van der Waals surface area contributed by atoms with Crippen LogP contribution in [0.2, 0.25) is 0 Å². The van der Waals surface area contributed by atoms with Gasteiger partial charge in [0, 0.05) is 11.1 Å². The van der Waals surface area contributed by atoms with E-state index < -0.39 is 0 Å². The van der Waals surface area contributed by atoms with Gasteiger partial charge in [0.05, 0.1) is 31.3 Å². The van der Waals surface area contributed by atoms with Crippen molar-refractivity contribution >= 4 is 16.8 Å². The Hall–Kier alpha value is -3.08. The van der Waals surface area contributed by atoms with Gasteiger partial charge in [0.1, 0.15) is 0 Å². The molecule has 0 radical (unpaired) electrons. The molecule has 134 valence electrons.